The number of carbonyl (C=O) groups excluding carboxylic acids is 1. The van der Waals surface area contributed by atoms with Crippen LogP contribution in [0.4, 0.5) is 0 Å². The van der Waals surface area contributed by atoms with Crippen LogP contribution in [0.25, 0.3) is 0 Å². The largest absolute Gasteiger partial charge is 0.368 e. The van der Waals surface area contributed by atoms with Gasteiger partial charge in [0, 0.05) is 0 Å². The standard InChI is InChI=1S/C8H15O2/c1-4-5-7(2)10-8(3)6-9/h6-8H,3-5H2,1-2H3. The third kappa shape index (κ3) is 4.50. The zero-order valence-corrected chi connectivity index (χ0v) is 6.67. The molecule has 2 nitrogen and oxygen atoms in total. The minimum Gasteiger partial charge on any atom is -0.368 e. The first kappa shape index (κ1) is 9.63. The highest BCUT2D eigenvalue weighted by molar-refractivity contribution is 5.56. The van der Waals surface area contributed by atoms with Crippen molar-refractivity contribution in [3.63, 3.8) is 0 Å². The summed E-state index contributed by atoms with van der Waals surface area (Å²) in [4.78, 5) is 10.1. The van der Waals surface area contributed by atoms with Gasteiger partial charge in [0.15, 0.2) is 0 Å². The average Bonchev–Trinajstić information content (AvgIpc) is 1.88. The normalized spacial score (nSPS) is 16.3. The molecule has 0 heterocycles. The van der Waals surface area contributed by atoms with Gasteiger partial charge in [-0.25, -0.2) is 0 Å². The first-order valence-electron chi connectivity index (χ1n) is 3.64. The van der Waals surface area contributed by atoms with Crippen LogP contribution in [0.3, 0.4) is 0 Å². The molecule has 0 saturated heterocycles. The maximum Gasteiger partial charge on any atom is 0.148 e. The summed E-state index contributed by atoms with van der Waals surface area (Å²) in [5.74, 6) is 0. The average molecular weight is 143 g/mol. The van der Waals surface area contributed by atoms with Gasteiger partial charge in [-0.15, -0.1) is 0 Å². The summed E-state index contributed by atoms with van der Waals surface area (Å²) in [6, 6.07) is 0. The molecule has 0 N–H and O–H groups in total. The van der Waals surface area contributed by atoms with Crippen LogP contribution in [0.5, 0.6) is 0 Å². The molecule has 0 aromatic carbocycles. The summed E-state index contributed by atoms with van der Waals surface area (Å²) in [6.07, 6.45) is 2.43. The first-order chi connectivity index (χ1) is 4.70. The van der Waals surface area contributed by atoms with Gasteiger partial charge in [0.2, 0.25) is 0 Å². The Balaban J connectivity index is 3.36. The van der Waals surface area contributed by atoms with E-state index in [1.807, 2.05) is 6.92 Å². The molecule has 0 amide bonds. The van der Waals surface area contributed by atoms with E-state index < -0.39 is 6.10 Å². The van der Waals surface area contributed by atoms with Gasteiger partial charge >= 0.3 is 0 Å². The van der Waals surface area contributed by atoms with E-state index in [1.54, 1.807) is 0 Å². The van der Waals surface area contributed by atoms with Crippen molar-refractivity contribution in [2.24, 2.45) is 0 Å². The SMILES string of the molecule is [CH2]C(C=O)OC(C)CCC. The Kier molecular flexibility index (Phi) is 5.22. The summed E-state index contributed by atoms with van der Waals surface area (Å²) < 4.78 is 5.16. The Morgan fingerprint density at radius 1 is 1.70 bits per heavy atom. The highest BCUT2D eigenvalue weighted by Crippen LogP contribution is 2.02. The molecule has 10 heavy (non-hydrogen) atoms. The molecule has 0 aliphatic rings. The smallest absolute Gasteiger partial charge is 0.148 e. The van der Waals surface area contributed by atoms with Gasteiger partial charge in [-0.1, -0.05) is 13.3 Å². The summed E-state index contributed by atoms with van der Waals surface area (Å²) >= 11 is 0. The second kappa shape index (κ2) is 5.42. The maximum absolute atomic E-state index is 10.1. The van der Waals surface area contributed by atoms with E-state index in [-0.39, 0.29) is 6.10 Å². The van der Waals surface area contributed by atoms with Gasteiger partial charge in [-0.2, -0.15) is 0 Å². The van der Waals surface area contributed by atoms with E-state index in [9.17, 15) is 4.79 Å². The third-order valence-electron chi connectivity index (χ3n) is 1.25. The molecule has 2 heteroatoms. The Bertz CT molecular complexity index is 91.3. The van der Waals surface area contributed by atoms with Crippen molar-refractivity contribution >= 4 is 6.29 Å². The molecule has 2 atom stereocenters. The monoisotopic (exact) mass is 143 g/mol. The van der Waals surface area contributed by atoms with Crippen molar-refractivity contribution in [2.75, 3.05) is 0 Å². The van der Waals surface area contributed by atoms with E-state index in [0.29, 0.717) is 6.29 Å². The highest BCUT2D eigenvalue weighted by atomic mass is 16.5. The van der Waals surface area contributed by atoms with Crippen LogP contribution in [-0.2, 0) is 9.53 Å². The molecule has 59 valence electrons. The molecule has 0 rings (SSSR count). The minimum absolute atomic E-state index is 0.151. The number of hydrogen-bond donors (Lipinski definition) is 0. The van der Waals surface area contributed by atoms with Crippen molar-refractivity contribution in [1.82, 2.24) is 0 Å². The van der Waals surface area contributed by atoms with Crippen molar-refractivity contribution in [2.45, 2.75) is 38.9 Å². The van der Waals surface area contributed by atoms with E-state index in [2.05, 4.69) is 13.8 Å². The van der Waals surface area contributed by atoms with Crippen molar-refractivity contribution in [3.05, 3.63) is 6.92 Å². The Hall–Kier alpha value is -0.370. The van der Waals surface area contributed by atoms with Gasteiger partial charge in [0.25, 0.3) is 0 Å². The van der Waals surface area contributed by atoms with Crippen molar-refractivity contribution < 1.29 is 9.53 Å². The Morgan fingerprint density at radius 2 is 2.30 bits per heavy atom. The van der Waals surface area contributed by atoms with E-state index >= 15 is 0 Å². The number of rotatable bonds is 5. The quantitative estimate of drug-likeness (QED) is 0.546. The number of aldehydes is 1. The fourth-order valence-electron chi connectivity index (χ4n) is 0.805. The van der Waals surface area contributed by atoms with Crippen LogP contribution in [-0.4, -0.2) is 18.5 Å². The van der Waals surface area contributed by atoms with Gasteiger partial charge < -0.3 is 9.53 Å². The van der Waals surface area contributed by atoms with Gasteiger partial charge in [0.05, 0.1) is 6.10 Å². The Morgan fingerprint density at radius 3 is 2.70 bits per heavy atom. The van der Waals surface area contributed by atoms with Crippen LogP contribution < -0.4 is 0 Å². The summed E-state index contributed by atoms with van der Waals surface area (Å²) in [5.41, 5.74) is 0. The zero-order chi connectivity index (χ0) is 7.98. The summed E-state index contributed by atoms with van der Waals surface area (Å²) in [7, 11) is 0. The summed E-state index contributed by atoms with van der Waals surface area (Å²) in [6.45, 7) is 7.52. The lowest BCUT2D eigenvalue weighted by atomic mass is 10.2. The highest BCUT2D eigenvalue weighted by Gasteiger charge is 2.05. The van der Waals surface area contributed by atoms with E-state index in [1.165, 1.54) is 0 Å². The number of ether oxygens (including phenoxy) is 1. The molecule has 0 fully saturated rings. The molecule has 0 aromatic heterocycles. The molecule has 0 aliphatic heterocycles. The predicted octanol–water partition coefficient (Wildman–Crippen LogP) is 1.59. The van der Waals surface area contributed by atoms with Crippen LogP contribution in [0, 0.1) is 6.92 Å². The van der Waals surface area contributed by atoms with Crippen LogP contribution in [0.2, 0.25) is 0 Å². The lowest BCUT2D eigenvalue weighted by Crippen LogP contribution is -2.17. The molecule has 2 unspecified atom stereocenters. The number of carbonyl (C=O) groups is 1. The molecule has 0 bridgehead atoms. The molecule has 1 radical (unpaired) electrons. The molecular formula is C8H15O2. The van der Waals surface area contributed by atoms with Gasteiger partial charge in [-0.3, -0.25) is 0 Å². The van der Waals surface area contributed by atoms with Crippen molar-refractivity contribution in [1.29, 1.82) is 0 Å². The van der Waals surface area contributed by atoms with Gasteiger partial charge in [-0.05, 0) is 20.3 Å². The predicted molar refractivity (Wildman–Crippen MR) is 40.7 cm³/mol. The van der Waals surface area contributed by atoms with E-state index in [4.69, 9.17) is 4.74 Å². The second-order valence-corrected chi connectivity index (χ2v) is 2.41. The van der Waals surface area contributed by atoms with Gasteiger partial charge in [0.1, 0.15) is 12.4 Å². The molecule has 0 aromatic rings. The van der Waals surface area contributed by atoms with Crippen molar-refractivity contribution in [3.8, 4) is 0 Å². The fourth-order valence-corrected chi connectivity index (χ4v) is 0.805. The first-order valence-corrected chi connectivity index (χ1v) is 3.64. The van der Waals surface area contributed by atoms with E-state index in [0.717, 1.165) is 12.8 Å². The maximum atomic E-state index is 10.1. The van der Waals surface area contributed by atoms with Crippen LogP contribution in [0.15, 0.2) is 0 Å². The van der Waals surface area contributed by atoms with Crippen LogP contribution in [0.1, 0.15) is 26.7 Å². The fraction of sp³-hybridized carbons (Fsp3) is 0.750. The molecule has 0 aliphatic carbocycles. The lowest BCUT2D eigenvalue weighted by Gasteiger charge is -2.13. The third-order valence-corrected chi connectivity index (χ3v) is 1.25. The minimum atomic E-state index is -0.499. The molecule has 0 spiro atoms. The molecular weight excluding hydrogens is 128 g/mol. The second-order valence-electron chi connectivity index (χ2n) is 2.41. The molecule has 0 saturated carbocycles. The Labute approximate surface area is 62.6 Å². The lowest BCUT2D eigenvalue weighted by molar-refractivity contribution is -0.118. The summed E-state index contributed by atoms with van der Waals surface area (Å²) in [5, 5.41) is 0. The topological polar surface area (TPSA) is 26.3 Å². The number of hydrogen-bond acceptors (Lipinski definition) is 2. The zero-order valence-electron chi connectivity index (χ0n) is 6.67. The van der Waals surface area contributed by atoms with Crippen LogP contribution >= 0.6 is 0 Å².